The predicted molar refractivity (Wildman–Crippen MR) is 147 cm³/mol. The van der Waals surface area contributed by atoms with Crippen LogP contribution in [0.4, 0.5) is 25.7 Å². The number of carbonyl (C=O) groups excluding carboxylic acids is 1. The topological polar surface area (TPSA) is 93.0 Å². The summed E-state index contributed by atoms with van der Waals surface area (Å²) in [7, 11) is 0. The molecule has 4 rings (SSSR count). The molecule has 0 saturated carbocycles. The van der Waals surface area contributed by atoms with Gasteiger partial charge in [-0.25, -0.2) is 19.0 Å². The highest BCUT2D eigenvalue weighted by Crippen LogP contribution is 2.37. The van der Waals surface area contributed by atoms with Gasteiger partial charge in [-0.3, -0.25) is 10.3 Å². The summed E-state index contributed by atoms with van der Waals surface area (Å²) in [4.78, 5) is 26.4. The molecule has 2 heterocycles. The van der Waals surface area contributed by atoms with Crippen molar-refractivity contribution in [1.82, 2.24) is 14.9 Å². The van der Waals surface area contributed by atoms with Gasteiger partial charge in [0.1, 0.15) is 23.1 Å². The summed E-state index contributed by atoms with van der Waals surface area (Å²) in [6.07, 6.45) is 3.98. The van der Waals surface area contributed by atoms with Crippen LogP contribution in [0.1, 0.15) is 20.3 Å². The molecule has 0 radical (unpaired) electrons. The lowest BCUT2D eigenvalue weighted by molar-refractivity contribution is 0.250. The van der Waals surface area contributed by atoms with E-state index >= 15 is 0 Å². The Hall–Kier alpha value is -4.27. The number of thiazole rings is 1. The first-order chi connectivity index (χ1) is 18.5. The zero-order valence-electron chi connectivity index (χ0n) is 21.0. The molecular weight excluding hydrogens is 507 g/mol. The lowest BCUT2D eigenvalue weighted by Gasteiger charge is -2.18. The van der Waals surface area contributed by atoms with Crippen LogP contribution in [0.15, 0.2) is 54.2 Å². The molecule has 2 aromatic carbocycles. The molecule has 0 aliphatic rings. The molecule has 0 aliphatic heterocycles. The van der Waals surface area contributed by atoms with Gasteiger partial charge < -0.3 is 19.7 Å². The Morgan fingerprint density at radius 2 is 1.95 bits per heavy atom. The van der Waals surface area contributed by atoms with Crippen molar-refractivity contribution >= 4 is 44.8 Å². The van der Waals surface area contributed by atoms with E-state index < -0.39 is 11.8 Å². The van der Waals surface area contributed by atoms with Gasteiger partial charge in [0.2, 0.25) is 5.69 Å². The highest BCUT2D eigenvalue weighted by Gasteiger charge is 2.14. The van der Waals surface area contributed by atoms with Crippen molar-refractivity contribution in [2.75, 3.05) is 36.9 Å². The molecule has 11 heteroatoms. The Morgan fingerprint density at radius 3 is 2.66 bits per heavy atom. The van der Waals surface area contributed by atoms with Gasteiger partial charge in [0.05, 0.1) is 24.4 Å². The number of hydrogen-bond acceptors (Lipinski definition) is 7. The smallest absolute Gasteiger partial charge is 0.325 e. The average Bonchev–Trinajstić information content (AvgIpc) is 3.43. The minimum atomic E-state index is -0.669. The molecule has 38 heavy (non-hydrogen) atoms. The van der Waals surface area contributed by atoms with E-state index in [1.807, 2.05) is 0 Å². The number of anilines is 2. The second-order valence-corrected chi connectivity index (χ2v) is 9.04. The summed E-state index contributed by atoms with van der Waals surface area (Å²) in [6.45, 7) is 15.2. The zero-order valence-corrected chi connectivity index (χ0v) is 21.8. The van der Waals surface area contributed by atoms with Gasteiger partial charge in [0.25, 0.3) is 0 Å². The van der Waals surface area contributed by atoms with Crippen LogP contribution in [0.25, 0.3) is 15.7 Å². The van der Waals surface area contributed by atoms with E-state index in [1.54, 1.807) is 36.0 Å². The molecular formula is C27H27FN6O3S. The monoisotopic (exact) mass is 534 g/mol. The van der Waals surface area contributed by atoms with E-state index in [0.29, 0.717) is 39.8 Å². The van der Waals surface area contributed by atoms with Gasteiger partial charge in [0, 0.05) is 35.8 Å². The summed E-state index contributed by atoms with van der Waals surface area (Å²) in [5.74, 6) is 0.433. The fourth-order valence-corrected chi connectivity index (χ4v) is 4.29. The number of ether oxygens (including phenoxy) is 2. The largest absolute Gasteiger partial charge is 0.504 e. The van der Waals surface area contributed by atoms with E-state index in [4.69, 9.17) is 16.0 Å². The minimum absolute atomic E-state index is 0.0101. The predicted octanol–water partition coefficient (Wildman–Crippen LogP) is 6.93. The number of aromatic nitrogens is 2. The zero-order chi connectivity index (χ0) is 26.9. The molecule has 2 amide bonds. The van der Waals surface area contributed by atoms with Crippen molar-refractivity contribution in [1.29, 1.82) is 0 Å². The summed E-state index contributed by atoms with van der Waals surface area (Å²) in [5.41, 5.74) is 0.922. The number of nitrogens with one attached hydrogen (secondary N) is 2. The van der Waals surface area contributed by atoms with E-state index in [0.717, 1.165) is 26.1 Å². The third kappa shape index (κ3) is 6.73. The number of nitrogens with zero attached hydrogens (tertiary/aromatic N) is 4. The number of pyridine rings is 1. The SMILES string of the molecule is [C-]#[N+]c1cc2c(Oc3ccc(NC(=O)Nc4nccs4)c(F)c3)ccnc2cc1OCCCN(CC)CC. The van der Waals surface area contributed by atoms with Crippen LogP contribution in [-0.4, -0.2) is 47.1 Å². The lowest BCUT2D eigenvalue weighted by atomic mass is 10.1. The standard InChI is InChI=1S/C27H27FN6O3S/c1-4-34(5-2)12-6-13-36-25-17-22-19(16-23(25)29-3)24(9-10-30-22)37-18-7-8-21(20(28)15-18)32-26(35)33-27-31-11-14-38-27/h7-11,14-17H,4-6,12-13H2,1-2H3,(H2,31,32,33,35). The number of rotatable bonds is 11. The maximum atomic E-state index is 14.7. The normalized spacial score (nSPS) is 10.8. The van der Waals surface area contributed by atoms with Gasteiger partial charge >= 0.3 is 6.03 Å². The number of hydrogen-bond donors (Lipinski definition) is 2. The average molecular weight is 535 g/mol. The van der Waals surface area contributed by atoms with Crippen LogP contribution in [0.3, 0.4) is 0 Å². The van der Waals surface area contributed by atoms with Crippen molar-refractivity contribution in [3.05, 3.63) is 71.4 Å². The van der Waals surface area contributed by atoms with Crippen molar-refractivity contribution in [3.8, 4) is 17.2 Å². The van der Waals surface area contributed by atoms with Crippen LogP contribution in [0.5, 0.6) is 17.2 Å². The molecule has 0 atom stereocenters. The van der Waals surface area contributed by atoms with Crippen LogP contribution in [-0.2, 0) is 0 Å². The fraction of sp³-hybridized carbons (Fsp3) is 0.259. The molecule has 196 valence electrons. The van der Waals surface area contributed by atoms with E-state index in [1.165, 1.54) is 29.5 Å². The summed E-state index contributed by atoms with van der Waals surface area (Å²) < 4.78 is 26.6. The Kier molecular flexibility index (Phi) is 9.02. The van der Waals surface area contributed by atoms with Crippen molar-refractivity contribution < 1.29 is 18.7 Å². The maximum absolute atomic E-state index is 14.7. The Bertz CT molecular complexity index is 1440. The molecule has 2 aromatic heterocycles. The highest BCUT2D eigenvalue weighted by atomic mass is 32.1. The molecule has 0 bridgehead atoms. The van der Waals surface area contributed by atoms with E-state index in [2.05, 4.69) is 44.2 Å². The van der Waals surface area contributed by atoms with Crippen LogP contribution >= 0.6 is 11.3 Å². The third-order valence-corrected chi connectivity index (χ3v) is 6.43. The summed E-state index contributed by atoms with van der Waals surface area (Å²) in [5, 5.41) is 7.70. The Labute approximate surface area is 224 Å². The summed E-state index contributed by atoms with van der Waals surface area (Å²) >= 11 is 1.25. The minimum Gasteiger partial charge on any atom is -0.504 e. The van der Waals surface area contributed by atoms with Gasteiger partial charge in [0.15, 0.2) is 5.13 Å². The van der Waals surface area contributed by atoms with Gasteiger partial charge in [-0.1, -0.05) is 13.8 Å². The van der Waals surface area contributed by atoms with Gasteiger partial charge in [-0.05, 0) is 49.8 Å². The van der Waals surface area contributed by atoms with Crippen molar-refractivity contribution in [2.24, 2.45) is 0 Å². The number of amides is 2. The number of halogens is 1. The molecule has 0 aliphatic carbocycles. The lowest BCUT2D eigenvalue weighted by Crippen LogP contribution is -2.25. The molecule has 4 aromatic rings. The quantitative estimate of drug-likeness (QED) is 0.160. The van der Waals surface area contributed by atoms with E-state index in [9.17, 15) is 9.18 Å². The Balaban J connectivity index is 1.46. The molecule has 9 nitrogen and oxygen atoms in total. The highest BCUT2D eigenvalue weighted by molar-refractivity contribution is 7.13. The number of fused-ring (bicyclic) bond motifs is 1. The van der Waals surface area contributed by atoms with Crippen molar-refractivity contribution in [2.45, 2.75) is 20.3 Å². The second kappa shape index (κ2) is 12.8. The molecule has 0 spiro atoms. The van der Waals surface area contributed by atoms with Crippen LogP contribution < -0.4 is 20.1 Å². The fourth-order valence-electron chi connectivity index (χ4n) is 3.76. The first kappa shape index (κ1) is 26.8. The first-order valence-corrected chi connectivity index (χ1v) is 13.0. The van der Waals surface area contributed by atoms with Crippen molar-refractivity contribution in [3.63, 3.8) is 0 Å². The Morgan fingerprint density at radius 1 is 1.11 bits per heavy atom. The second-order valence-electron chi connectivity index (χ2n) is 8.15. The molecule has 0 unspecified atom stereocenters. The molecule has 0 saturated heterocycles. The third-order valence-electron chi connectivity index (χ3n) is 5.74. The maximum Gasteiger partial charge on any atom is 0.325 e. The molecule has 2 N–H and O–H groups in total. The van der Waals surface area contributed by atoms with Crippen LogP contribution in [0, 0.1) is 12.4 Å². The number of urea groups is 1. The summed E-state index contributed by atoms with van der Waals surface area (Å²) in [6, 6.07) is 8.55. The first-order valence-electron chi connectivity index (χ1n) is 12.1. The number of benzene rings is 2. The molecule has 0 fully saturated rings. The van der Waals surface area contributed by atoms with Gasteiger partial charge in [-0.15, -0.1) is 11.3 Å². The van der Waals surface area contributed by atoms with E-state index in [-0.39, 0.29) is 11.4 Å². The van der Waals surface area contributed by atoms with Gasteiger partial charge in [-0.2, -0.15) is 0 Å². The van der Waals surface area contributed by atoms with Crippen LogP contribution in [0.2, 0.25) is 0 Å². The number of carbonyl (C=O) groups is 1.